The molecule has 0 saturated heterocycles. The second-order valence-corrected chi connectivity index (χ2v) is 12.8. The van der Waals surface area contributed by atoms with Crippen LogP contribution in [-0.2, 0) is 25.4 Å². The highest BCUT2D eigenvalue weighted by atomic mass is 32.2. The van der Waals surface area contributed by atoms with Gasteiger partial charge in [0.05, 0.1) is 23.6 Å². The fourth-order valence-corrected chi connectivity index (χ4v) is 5.62. The number of sulfonamides is 1. The van der Waals surface area contributed by atoms with Crippen molar-refractivity contribution >= 4 is 33.5 Å². The van der Waals surface area contributed by atoms with E-state index in [4.69, 9.17) is 5.11 Å². The van der Waals surface area contributed by atoms with Crippen molar-refractivity contribution < 1.29 is 33.0 Å². The zero-order valence-corrected chi connectivity index (χ0v) is 25.1. The maximum atomic E-state index is 13.2. The average Bonchev–Trinajstić information content (AvgIpc) is 2.91. The van der Waals surface area contributed by atoms with Gasteiger partial charge in [0.25, 0.3) is 5.91 Å². The molecular formula is C30H43N3O7S. The van der Waals surface area contributed by atoms with E-state index in [2.05, 4.69) is 10.6 Å². The monoisotopic (exact) mass is 589 g/mol. The maximum absolute atomic E-state index is 13.2. The summed E-state index contributed by atoms with van der Waals surface area (Å²) in [6.45, 7) is 5.97. The first-order valence-electron chi connectivity index (χ1n) is 13.9. The Morgan fingerprint density at radius 2 is 1.63 bits per heavy atom. The number of carbonyl (C=O) groups is 3. The maximum Gasteiger partial charge on any atom is 0.303 e. The summed E-state index contributed by atoms with van der Waals surface area (Å²) in [4.78, 5) is 36.3. The van der Waals surface area contributed by atoms with Crippen LogP contribution in [0, 0.1) is 11.8 Å². The molecule has 2 aromatic rings. The van der Waals surface area contributed by atoms with Gasteiger partial charge in [-0.15, -0.1) is 0 Å². The van der Waals surface area contributed by atoms with Crippen molar-refractivity contribution in [1.82, 2.24) is 10.6 Å². The molecule has 0 aliphatic heterocycles. The molecule has 0 aromatic heterocycles. The van der Waals surface area contributed by atoms with Gasteiger partial charge < -0.3 is 20.8 Å². The number of benzene rings is 2. The van der Waals surface area contributed by atoms with E-state index in [1.165, 1.54) is 13.1 Å². The number of unbranched alkanes of at least 4 members (excludes halogenated alkanes) is 1. The molecule has 0 unspecified atom stereocenters. The van der Waals surface area contributed by atoms with Crippen LogP contribution < -0.4 is 14.9 Å². The number of nitrogens with one attached hydrogen (secondary N) is 2. The minimum atomic E-state index is -3.70. The van der Waals surface area contributed by atoms with E-state index in [-0.39, 0.29) is 36.0 Å². The highest BCUT2D eigenvalue weighted by molar-refractivity contribution is 7.92. The highest BCUT2D eigenvalue weighted by Gasteiger charge is 2.27. The number of carboxylic acid groups (broad SMARTS) is 1. The molecule has 41 heavy (non-hydrogen) atoms. The minimum absolute atomic E-state index is 0.0451. The molecule has 0 radical (unpaired) electrons. The molecule has 2 rings (SSSR count). The molecule has 11 heteroatoms. The summed E-state index contributed by atoms with van der Waals surface area (Å²) in [7, 11) is -2.26. The smallest absolute Gasteiger partial charge is 0.303 e. The molecule has 0 heterocycles. The predicted molar refractivity (Wildman–Crippen MR) is 159 cm³/mol. The normalized spacial score (nSPS) is 13.7. The van der Waals surface area contributed by atoms with Gasteiger partial charge in [0.1, 0.15) is 0 Å². The summed E-state index contributed by atoms with van der Waals surface area (Å²) in [6, 6.07) is 14.5. The van der Waals surface area contributed by atoms with E-state index in [9.17, 15) is 27.9 Å². The van der Waals surface area contributed by atoms with Crippen molar-refractivity contribution in [3.63, 3.8) is 0 Å². The van der Waals surface area contributed by atoms with Gasteiger partial charge in [-0.3, -0.25) is 18.7 Å². The lowest BCUT2D eigenvalue weighted by atomic mass is 9.92. The van der Waals surface area contributed by atoms with E-state index < -0.39 is 40.0 Å². The predicted octanol–water partition coefficient (Wildman–Crippen LogP) is 3.56. The third-order valence-corrected chi connectivity index (χ3v) is 8.49. The minimum Gasteiger partial charge on any atom is -0.481 e. The van der Waals surface area contributed by atoms with Crippen LogP contribution in [0.2, 0.25) is 0 Å². The average molecular weight is 590 g/mol. The molecular weight excluding hydrogens is 546 g/mol. The van der Waals surface area contributed by atoms with Gasteiger partial charge in [0, 0.05) is 31.5 Å². The van der Waals surface area contributed by atoms with Gasteiger partial charge >= 0.3 is 5.97 Å². The first-order valence-corrected chi connectivity index (χ1v) is 15.5. The van der Waals surface area contributed by atoms with Gasteiger partial charge in [-0.1, -0.05) is 57.2 Å². The van der Waals surface area contributed by atoms with E-state index in [0.29, 0.717) is 37.1 Å². The van der Waals surface area contributed by atoms with Crippen LogP contribution in [0.15, 0.2) is 54.6 Å². The Bertz CT molecular complexity index is 1250. The number of carboxylic acids is 1. The second kappa shape index (κ2) is 16.1. The number of amides is 2. The molecule has 10 nitrogen and oxygen atoms in total. The SMILES string of the molecule is CC(C)C[C@H](NC(=O)c1cccc(N(C)S(=O)(=O)Cc2ccccc2)c1)[C@@H](O)C[C@@H](C)C(=O)NCCCCC(=O)O. The van der Waals surface area contributed by atoms with Crippen LogP contribution in [-0.4, -0.2) is 62.2 Å². The molecule has 0 spiro atoms. The quantitative estimate of drug-likeness (QED) is 0.206. The summed E-state index contributed by atoms with van der Waals surface area (Å²) in [6.07, 6.45) is 0.655. The largest absolute Gasteiger partial charge is 0.481 e. The number of carbonyl (C=O) groups excluding carboxylic acids is 2. The Kier molecular flexibility index (Phi) is 13.3. The highest BCUT2D eigenvalue weighted by Crippen LogP contribution is 2.22. The van der Waals surface area contributed by atoms with E-state index in [1.807, 2.05) is 19.9 Å². The van der Waals surface area contributed by atoms with E-state index >= 15 is 0 Å². The number of rotatable bonds is 17. The molecule has 0 fully saturated rings. The summed E-state index contributed by atoms with van der Waals surface area (Å²) in [5.41, 5.74) is 1.24. The summed E-state index contributed by atoms with van der Waals surface area (Å²) >= 11 is 0. The van der Waals surface area contributed by atoms with Crippen molar-refractivity contribution in [2.45, 2.75) is 70.8 Å². The summed E-state index contributed by atoms with van der Waals surface area (Å²) in [5.74, 6) is -2.14. The van der Waals surface area contributed by atoms with Gasteiger partial charge in [-0.25, -0.2) is 8.42 Å². The second-order valence-electron chi connectivity index (χ2n) is 10.8. The third-order valence-electron chi connectivity index (χ3n) is 6.75. The first kappa shape index (κ1) is 33.8. The lowest BCUT2D eigenvalue weighted by Gasteiger charge is -2.28. The molecule has 4 N–H and O–H groups in total. The Morgan fingerprint density at radius 3 is 2.27 bits per heavy atom. The topological polar surface area (TPSA) is 153 Å². The van der Waals surface area contributed by atoms with Gasteiger partial charge in [-0.2, -0.15) is 0 Å². The fourth-order valence-electron chi connectivity index (χ4n) is 4.38. The van der Waals surface area contributed by atoms with Crippen LogP contribution in [0.25, 0.3) is 0 Å². The van der Waals surface area contributed by atoms with Crippen molar-refractivity contribution in [1.29, 1.82) is 0 Å². The lowest BCUT2D eigenvalue weighted by molar-refractivity contribution is -0.137. The Balaban J connectivity index is 2.05. The molecule has 0 aliphatic carbocycles. The van der Waals surface area contributed by atoms with Crippen molar-refractivity contribution in [3.05, 3.63) is 65.7 Å². The Labute approximate surface area is 243 Å². The van der Waals surface area contributed by atoms with Crippen molar-refractivity contribution in [2.24, 2.45) is 11.8 Å². The van der Waals surface area contributed by atoms with E-state index in [0.717, 1.165) is 4.31 Å². The summed E-state index contributed by atoms with van der Waals surface area (Å²) in [5, 5.41) is 25.3. The molecule has 3 atom stereocenters. The van der Waals surface area contributed by atoms with Crippen LogP contribution >= 0.6 is 0 Å². The number of hydrogen-bond donors (Lipinski definition) is 4. The van der Waals surface area contributed by atoms with Crippen LogP contribution in [0.4, 0.5) is 5.69 Å². The molecule has 2 amide bonds. The van der Waals surface area contributed by atoms with Gasteiger partial charge in [0.2, 0.25) is 15.9 Å². The standard InChI is InChI=1S/C30H43N3O7S/c1-21(2)17-26(27(34)18-22(3)29(37)31-16-9-8-15-28(35)36)32-30(38)24-13-10-14-25(19-24)33(4)41(39,40)20-23-11-6-5-7-12-23/h5-7,10-14,19,21-22,26-27,34H,8-9,15-18,20H2,1-4H3,(H,31,37)(H,32,38)(H,35,36)/t22-,26+,27+/m1/s1. The van der Waals surface area contributed by atoms with Gasteiger partial charge in [0.15, 0.2) is 0 Å². The zero-order chi connectivity index (χ0) is 30.6. The van der Waals surface area contributed by atoms with Gasteiger partial charge in [-0.05, 0) is 55.4 Å². The molecule has 226 valence electrons. The molecule has 2 aromatic carbocycles. The zero-order valence-electron chi connectivity index (χ0n) is 24.2. The lowest BCUT2D eigenvalue weighted by Crippen LogP contribution is -2.46. The third kappa shape index (κ3) is 11.5. The van der Waals surface area contributed by atoms with E-state index in [1.54, 1.807) is 49.4 Å². The van der Waals surface area contributed by atoms with Crippen LogP contribution in [0.3, 0.4) is 0 Å². The first-order chi connectivity index (χ1) is 19.3. The number of aliphatic hydroxyl groups is 1. The Hall–Kier alpha value is -3.44. The Morgan fingerprint density at radius 1 is 0.951 bits per heavy atom. The summed E-state index contributed by atoms with van der Waals surface area (Å²) < 4.78 is 27.1. The number of hydrogen-bond acceptors (Lipinski definition) is 6. The van der Waals surface area contributed by atoms with Crippen molar-refractivity contribution in [3.8, 4) is 0 Å². The number of nitrogens with zero attached hydrogens (tertiary/aromatic N) is 1. The number of aliphatic carboxylic acids is 1. The van der Waals surface area contributed by atoms with Crippen LogP contribution in [0.5, 0.6) is 0 Å². The van der Waals surface area contributed by atoms with Crippen LogP contribution in [0.1, 0.15) is 68.8 Å². The molecule has 0 saturated carbocycles. The molecule has 0 bridgehead atoms. The van der Waals surface area contributed by atoms with Crippen molar-refractivity contribution in [2.75, 3.05) is 17.9 Å². The molecule has 0 aliphatic rings. The fraction of sp³-hybridized carbons (Fsp3) is 0.500. The number of aliphatic hydroxyl groups excluding tert-OH is 1. The number of anilines is 1.